The van der Waals surface area contributed by atoms with Crippen LogP contribution in [0.2, 0.25) is 0 Å². The van der Waals surface area contributed by atoms with Gasteiger partial charge in [0.2, 0.25) is 0 Å². The smallest absolute Gasteiger partial charge is 0.338 e. The number of hydrogen-bond acceptors (Lipinski definition) is 5. The van der Waals surface area contributed by atoms with Crippen molar-refractivity contribution >= 4 is 17.6 Å². The number of hydrogen-bond donors (Lipinski definition) is 1. The van der Waals surface area contributed by atoms with Gasteiger partial charge in [-0.25, -0.2) is 4.79 Å². The van der Waals surface area contributed by atoms with Crippen LogP contribution in [0.3, 0.4) is 0 Å². The summed E-state index contributed by atoms with van der Waals surface area (Å²) in [6, 6.07) is 11.3. The van der Waals surface area contributed by atoms with E-state index in [1.807, 2.05) is 6.07 Å². The van der Waals surface area contributed by atoms with Crippen LogP contribution in [-0.2, 0) is 10.2 Å². The monoisotopic (exact) mass is 411 g/mol. The zero-order valence-electron chi connectivity index (χ0n) is 17.8. The van der Waals surface area contributed by atoms with E-state index in [1.165, 1.54) is 30.7 Å². The number of nitrogens with zero attached hydrogens (tertiary/aromatic N) is 1. The van der Waals surface area contributed by atoms with Crippen LogP contribution >= 0.6 is 0 Å². The van der Waals surface area contributed by atoms with Crippen LogP contribution in [0.15, 0.2) is 42.5 Å². The van der Waals surface area contributed by atoms with E-state index in [2.05, 4.69) is 6.92 Å². The number of hydroxylamine groups is 1. The molecular formula is C24H29NO5. The molecule has 1 fully saturated rings. The van der Waals surface area contributed by atoms with Crippen molar-refractivity contribution in [2.45, 2.75) is 51.4 Å². The van der Waals surface area contributed by atoms with Gasteiger partial charge in [-0.2, -0.15) is 5.06 Å². The molecule has 160 valence electrons. The topological polar surface area (TPSA) is 76.1 Å². The van der Waals surface area contributed by atoms with Crippen molar-refractivity contribution in [2.75, 3.05) is 18.8 Å². The molecule has 0 heterocycles. The molecule has 1 N–H and O–H groups in total. The van der Waals surface area contributed by atoms with Gasteiger partial charge in [0.25, 0.3) is 5.91 Å². The highest BCUT2D eigenvalue weighted by atomic mass is 16.5. The average Bonchev–Trinajstić information content (AvgIpc) is 2.78. The number of carbonyl (C=O) groups is 2. The van der Waals surface area contributed by atoms with Gasteiger partial charge in [0.05, 0.1) is 25.0 Å². The quantitative estimate of drug-likeness (QED) is 0.405. The summed E-state index contributed by atoms with van der Waals surface area (Å²) >= 11 is 0. The van der Waals surface area contributed by atoms with Gasteiger partial charge in [0.15, 0.2) is 0 Å². The molecule has 0 spiro atoms. The highest BCUT2D eigenvalue weighted by molar-refractivity contribution is 6.05. The normalized spacial score (nSPS) is 15.3. The Balaban J connectivity index is 1.85. The molecule has 2 aromatic rings. The standard InChI is InChI=1S/C24H29NO5/c1-4-30-23(27)17-8-11-19(12-9-17)25(28)22(26)18-10-13-21(29-3)20(16-18)24(2)14-6-5-7-15-24/h8-13,16,28H,4-7,14-15H2,1-3H3. The first-order chi connectivity index (χ1) is 14.4. The van der Waals surface area contributed by atoms with Gasteiger partial charge in [-0.05, 0) is 67.6 Å². The van der Waals surface area contributed by atoms with Crippen LogP contribution in [0, 0.1) is 0 Å². The molecule has 0 radical (unpaired) electrons. The van der Waals surface area contributed by atoms with Gasteiger partial charge >= 0.3 is 5.97 Å². The summed E-state index contributed by atoms with van der Waals surface area (Å²) in [4.78, 5) is 24.7. The molecular weight excluding hydrogens is 382 g/mol. The fraction of sp³-hybridized carbons (Fsp3) is 0.417. The molecule has 6 heteroatoms. The number of ether oxygens (including phenoxy) is 2. The van der Waals surface area contributed by atoms with E-state index in [0.717, 1.165) is 37.0 Å². The largest absolute Gasteiger partial charge is 0.496 e. The van der Waals surface area contributed by atoms with Crippen molar-refractivity contribution in [3.63, 3.8) is 0 Å². The van der Waals surface area contributed by atoms with E-state index in [4.69, 9.17) is 9.47 Å². The maximum Gasteiger partial charge on any atom is 0.338 e. The van der Waals surface area contributed by atoms with Crippen LogP contribution in [0.25, 0.3) is 0 Å². The van der Waals surface area contributed by atoms with E-state index < -0.39 is 11.9 Å². The van der Waals surface area contributed by atoms with Crippen LogP contribution in [0.4, 0.5) is 5.69 Å². The second-order valence-corrected chi connectivity index (χ2v) is 7.92. The molecule has 0 saturated heterocycles. The Morgan fingerprint density at radius 3 is 2.27 bits per heavy atom. The molecule has 0 aliphatic heterocycles. The molecule has 1 aliphatic carbocycles. The maximum absolute atomic E-state index is 12.9. The van der Waals surface area contributed by atoms with Crippen molar-refractivity contribution in [3.8, 4) is 5.75 Å². The Morgan fingerprint density at radius 1 is 1.03 bits per heavy atom. The Hall–Kier alpha value is -2.86. The number of methoxy groups -OCH3 is 1. The molecule has 6 nitrogen and oxygen atoms in total. The molecule has 2 aromatic carbocycles. The summed E-state index contributed by atoms with van der Waals surface area (Å²) in [5.41, 5.74) is 1.96. The third-order valence-electron chi connectivity index (χ3n) is 5.87. The Bertz CT molecular complexity index is 900. The summed E-state index contributed by atoms with van der Waals surface area (Å²) in [6.07, 6.45) is 5.61. The SMILES string of the molecule is CCOC(=O)c1ccc(N(O)C(=O)c2ccc(OC)c(C3(C)CCCCC3)c2)cc1. The van der Waals surface area contributed by atoms with Gasteiger partial charge in [-0.3, -0.25) is 10.0 Å². The van der Waals surface area contributed by atoms with Crippen LogP contribution in [0.5, 0.6) is 5.75 Å². The predicted octanol–water partition coefficient (Wildman–Crippen LogP) is 5.13. The minimum atomic E-state index is -0.540. The molecule has 1 aliphatic rings. The van der Waals surface area contributed by atoms with Crippen molar-refractivity contribution in [3.05, 3.63) is 59.2 Å². The predicted molar refractivity (Wildman–Crippen MR) is 114 cm³/mol. The molecule has 1 amide bonds. The van der Waals surface area contributed by atoms with Gasteiger partial charge < -0.3 is 9.47 Å². The van der Waals surface area contributed by atoms with E-state index in [9.17, 15) is 14.8 Å². The van der Waals surface area contributed by atoms with Crippen LogP contribution in [0.1, 0.15) is 72.2 Å². The summed E-state index contributed by atoms with van der Waals surface area (Å²) in [5.74, 6) is -0.221. The Labute approximate surface area is 177 Å². The van der Waals surface area contributed by atoms with Crippen LogP contribution < -0.4 is 9.80 Å². The highest BCUT2D eigenvalue weighted by Gasteiger charge is 2.32. The number of rotatable bonds is 6. The number of amides is 1. The van der Waals surface area contributed by atoms with Gasteiger partial charge in [-0.15, -0.1) is 0 Å². The lowest BCUT2D eigenvalue weighted by molar-refractivity contribution is 0.0526. The lowest BCUT2D eigenvalue weighted by Gasteiger charge is -2.35. The van der Waals surface area contributed by atoms with Crippen molar-refractivity contribution in [2.24, 2.45) is 0 Å². The summed E-state index contributed by atoms with van der Waals surface area (Å²) < 4.78 is 10.5. The molecule has 1 saturated carbocycles. The molecule has 0 unspecified atom stereocenters. The molecule has 3 rings (SSSR count). The summed E-state index contributed by atoms with van der Waals surface area (Å²) in [5, 5.41) is 11.1. The lowest BCUT2D eigenvalue weighted by atomic mass is 9.70. The number of anilines is 1. The fourth-order valence-corrected chi connectivity index (χ4v) is 4.11. The summed E-state index contributed by atoms with van der Waals surface area (Å²) in [6.45, 7) is 4.23. The van der Waals surface area contributed by atoms with E-state index in [-0.39, 0.29) is 17.7 Å². The Morgan fingerprint density at radius 2 is 1.67 bits per heavy atom. The van der Waals surface area contributed by atoms with Crippen molar-refractivity contribution in [1.82, 2.24) is 0 Å². The third-order valence-corrected chi connectivity index (χ3v) is 5.87. The van der Waals surface area contributed by atoms with Gasteiger partial charge in [0.1, 0.15) is 5.75 Å². The number of esters is 1. The minimum Gasteiger partial charge on any atom is -0.496 e. The second-order valence-electron chi connectivity index (χ2n) is 7.92. The zero-order valence-corrected chi connectivity index (χ0v) is 17.8. The average molecular weight is 411 g/mol. The first-order valence-electron chi connectivity index (χ1n) is 10.4. The van der Waals surface area contributed by atoms with Gasteiger partial charge in [-0.1, -0.05) is 26.2 Å². The maximum atomic E-state index is 12.9. The number of benzene rings is 2. The van der Waals surface area contributed by atoms with E-state index >= 15 is 0 Å². The minimum absolute atomic E-state index is 0.0541. The van der Waals surface area contributed by atoms with Crippen LogP contribution in [-0.4, -0.2) is 30.8 Å². The summed E-state index contributed by atoms with van der Waals surface area (Å²) in [7, 11) is 1.63. The second kappa shape index (κ2) is 9.30. The molecule has 0 aromatic heterocycles. The first-order valence-corrected chi connectivity index (χ1v) is 10.4. The number of carbonyl (C=O) groups excluding carboxylic acids is 2. The van der Waals surface area contributed by atoms with Gasteiger partial charge in [0, 0.05) is 11.1 Å². The van der Waals surface area contributed by atoms with E-state index in [1.54, 1.807) is 26.2 Å². The highest BCUT2D eigenvalue weighted by Crippen LogP contribution is 2.43. The van der Waals surface area contributed by atoms with Crippen molar-refractivity contribution in [1.29, 1.82) is 0 Å². The first kappa shape index (κ1) is 21.8. The molecule has 0 atom stereocenters. The lowest BCUT2D eigenvalue weighted by Crippen LogP contribution is -2.29. The van der Waals surface area contributed by atoms with E-state index in [0.29, 0.717) is 16.2 Å². The molecule has 30 heavy (non-hydrogen) atoms. The fourth-order valence-electron chi connectivity index (χ4n) is 4.11. The molecule has 0 bridgehead atoms. The third kappa shape index (κ3) is 4.49. The Kier molecular flexibility index (Phi) is 6.77. The van der Waals surface area contributed by atoms with Crippen molar-refractivity contribution < 1.29 is 24.3 Å². The zero-order chi connectivity index (χ0) is 21.7.